The zero-order chi connectivity index (χ0) is 12.7. The van der Waals surface area contributed by atoms with E-state index in [1.165, 1.54) is 44.9 Å². The molecule has 0 amide bonds. The first-order valence-electron chi connectivity index (χ1n) is 7.05. The van der Waals surface area contributed by atoms with Gasteiger partial charge < -0.3 is 4.42 Å². The van der Waals surface area contributed by atoms with Crippen molar-refractivity contribution in [2.24, 2.45) is 0 Å². The molecule has 0 saturated carbocycles. The largest absolute Gasteiger partial charge is 0.448 e. The molecule has 17 heavy (non-hydrogen) atoms. The molecule has 1 atom stereocenters. The molecule has 0 spiro atoms. The summed E-state index contributed by atoms with van der Waals surface area (Å²) >= 11 is 0. The van der Waals surface area contributed by atoms with Crippen LogP contribution in [0.2, 0.25) is 0 Å². The Morgan fingerprint density at radius 3 is 2.29 bits per heavy atom. The maximum absolute atomic E-state index is 5.65. The lowest BCUT2D eigenvalue weighted by Crippen LogP contribution is -2.22. The number of hydrogen-bond acceptors (Lipinski definition) is 2. The molecule has 1 aromatic heterocycles. The Morgan fingerprint density at radius 2 is 1.76 bits per heavy atom. The van der Waals surface area contributed by atoms with Gasteiger partial charge in [-0.1, -0.05) is 52.9 Å². The Labute approximate surface area is 106 Å². The summed E-state index contributed by atoms with van der Waals surface area (Å²) in [7, 11) is 0. The average Bonchev–Trinajstić information content (AvgIpc) is 2.74. The van der Waals surface area contributed by atoms with Gasteiger partial charge in [-0.15, -0.1) is 0 Å². The standard InChI is InChI=1S/C15H27NO/c1-5-7-9-11-15(4,10-8-6-2)14-16-13(3)12-17-14/h12H,5-11H2,1-4H3. The molecule has 1 unspecified atom stereocenters. The fourth-order valence-electron chi connectivity index (χ4n) is 2.30. The van der Waals surface area contributed by atoms with E-state index in [2.05, 4.69) is 25.8 Å². The predicted octanol–water partition coefficient (Wildman–Crippen LogP) is 5.01. The third-order valence-corrected chi connectivity index (χ3v) is 3.55. The van der Waals surface area contributed by atoms with Crippen molar-refractivity contribution in [3.63, 3.8) is 0 Å². The predicted molar refractivity (Wildman–Crippen MR) is 72.3 cm³/mol. The summed E-state index contributed by atoms with van der Waals surface area (Å²) < 4.78 is 5.65. The van der Waals surface area contributed by atoms with E-state index in [4.69, 9.17) is 4.42 Å². The molecule has 0 bridgehead atoms. The van der Waals surface area contributed by atoms with Crippen LogP contribution in [0.3, 0.4) is 0 Å². The maximum atomic E-state index is 5.65. The molecule has 0 saturated heterocycles. The minimum Gasteiger partial charge on any atom is -0.448 e. The Hall–Kier alpha value is -0.790. The fraction of sp³-hybridized carbons (Fsp3) is 0.800. The molecule has 2 nitrogen and oxygen atoms in total. The van der Waals surface area contributed by atoms with Crippen LogP contribution in [0.4, 0.5) is 0 Å². The maximum Gasteiger partial charge on any atom is 0.200 e. The van der Waals surface area contributed by atoms with Gasteiger partial charge >= 0.3 is 0 Å². The van der Waals surface area contributed by atoms with Crippen LogP contribution >= 0.6 is 0 Å². The number of rotatable bonds is 8. The zero-order valence-corrected chi connectivity index (χ0v) is 11.9. The molecule has 0 fully saturated rings. The van der Waals surface area contributed by atoms with Crippen LogP contribution in [-0.2, 0) is 5.41 Å². The van der Waals surface area contributed by atoms with E-state index in [0.717, 1.165) is 11.6 Å². The van der Waals surface area contributed by atoms with Crippen molar-refractivity contribution in [3.05, 3.63) is 17.8 Å². The van der Waals surface area contributed by atoms with Crippen molar-refractivity contribution in [2.75, 3.05) is 0 Å². The highest BCUT2D eigenvalue weighted by Crippen LogP contribution is 2.34. The Kier molecular flexibility index (Phi) is 5.73. The SMILES string of the molecule is CCCCCC(C)(CCCC)c1nc(C)co1. The van der Waals surface area contributed by atoms with Gasteiger partial charge in [0, 0.05) is 5.41 Å². The van der Waals surface area contributed by atoms with E-state index in [9.17, 15) is 0 Å². The summed E-state index contributed by atoms with van der Waals surface area (Å²) in [4.78, 5) is 4.55. The number of aryl methyl sites for hydroxylation is 1. The second-order valence-electron chi connectivity index (χ2n) is 5.42. The van der Waals surface area contributed by atoms with Crippen LogP contribution in [0.15, 0.2) is 10.7 Å². The minimum absolute atomic E-state index is 0.138. The summed E-state index contributed by atoms with van der Waals surface area (Å²) in [5, 5.41) is 0. The van der Waals surface area contributed by atoms with Crippen LogP contribution < -0.4 is 0 Å². The Bertz CT molecular complexity index is 318. The molecule has 0 aromatic carbocycles. The number of oxazole rings is 1. The highest BCUT2D eigenvalue weighted by atomic mass is 16.3. The second kappa shape index (κ2) is 6.83. The third-order valence-electron chi connectivity index (χ3n) is 3.55. The smallest absolute Gasteiger partial charge is 0.200 e. The van der Waals surface area contributed by atoms with E-state index < -0.39 is 0 Å². The summed E-state index contributed by atoms with van der Waals surface area (Å²) in [5.41, 5.74) is 1.14. The molecule has 1 aromatic rings. The Morgan fingerprint density at radius 1 is 1.12 bits per heavy atom. The molecule has 0 N–H and O–H groups in total. The van der Waals surface area contributed by atoms with E-state index >= 15 is 0 Å². The van der Waals surface area contributed by atoms with Gasteiger partial charge in [-0.2, -0.15) is 0 Å². The first-order chi connectivity index (χ1) is 8.12. The van der Waals surface area contributed by atoms with Gasteiger partial charge in [0.25, 0.3) is 0 Å². The highest BCUT2D eigenvalue weighted by molar-refractivity contribution is 5.06. The molecular formula is C15H27NO. The number of unbranched alkanes of at least 4 members (excludes halogenated alkanes) is 3. The average molecular weight is 237 g/mol. The van der Waals surface area contributed by atoms with E-state index in [1.807, 2.05) is 6.92 Å². The first kappa shape index (κ1) is 14.3. The van der Waals surface area contributed by atoms with Crippen molar-refractivity contribution in [3.8, 4) is 0 Å². The van der Waals surface area contributed by atoms with Crippen LogP contribution in [0.5, 0.6) is 0 Å². The van der Waals surface area contributed by atoms with Crippen LogP contribution in [0, 0.1) is 6.92 Å². The summed E-state index contributed by atoms with van der Waals surface area (Å²) in [6.07, 6.45) is 10.5. The normalized spacial score (nSPS) is 14.8. The van der Waals surface area contributed by atoms with Crippen molar-refractivity contribution in [1.82, 2.24) is 4.98 Å². The van der Waals surface area contributed by atoms with Crippen LogP contribution in [-0.4, -0.2) is 4.98 Å². The molecule has 0 aliphatic heterocycles. The number of hydrogen-bond donors (Lipinski definition) is 0. The molecule has 1 rings (SSSR count). The molecule has 0 radical (unpaired) electrons. The number of aromatic nitrogens is 1. The lowest BCUT2D eigenvalue weighted by Gasteiger charge is -2.26. The third kappa shape index (κ3) is 4.18. The molecule has 2 heteroatoms. The van der Waals surface area contributed by atoms with Crippen molar-refractivity contribution in [1.29, 1.82) is 0 Å². The molecule has 1 heterocycles. The number of nitrogens with zero attached hydrogens (tertiary/aromatic N) is 1. The van der Waals surface area contributed by atoms with Gasteiger partial charge in [-0.05, 0) is 19.8 Å². The second-order valence-corrected chi connectivity index (χ2v) is 5.42. The molecule has 98 valence electrons. The molecule has 0 aliphatic rings. The fourth-order valence-corrected chi connectivity index (χ4v) is 2.30. The van der Waals surface area contributed by atoms with Crippen LogP contribution in [0.1, 0.15) is 77.3 Å². The van der Waals surface area contributed by atoms with Gasteiger partial charge in [0.2, 0.25) is 0 Å². The van der Waals surface area contributed by atoms with Gasteiger partial charge in [-0.3, -0.25) is 0 Å². The van der Waals surface area contributed by atoms with E-state index in [-0.39, 0.29) is 5.41 Å². The quantitative estimate of drug-likeness (QED) is 0.594. The van der Waals surface area contributed by atoms with Gasteiger partial charge in [0.05, 0.1) is 5.69 Å². The van der Waals surface area contributed by atoms with E-state index in [1.54, 1.807) is 6.26 Å². The zero-order valence-electron chi connectivity index (χ0n) is 11.9. The monoisotopic (exact) mass is 237 g/mol. The van der Waals surface area contributed by atoms with Crippen molar-refractivity contribution in [2.45, 2.75) is 78.1 Å². The molecular weight excluding hydrogens is 210 g/mol. The summed E-state index contributed by atoms with van der Waals surface area (Å²) in [6, 6.07) is 0. The minimum atomic E-state index is 0.138. The first-order valence-corrected chi connectivity index (χ1v) is 7.05. The van der Waals surface area contributed by atoms with Crippen molar-refractivity contribution < 1.29 is 4.42 Å². The topological polar surface area (TPSA) is 26.0 Å². The van der Waals surface area contributed by atoms with E-state index in [0.29, 0.717) is 0 Å². The Balaban J connectivity index is 2.70. The summed E-state index contributed by atoms with van der Waals surface area (Å²) in [5.74, 6) is 0.944. The van der Waals surface area contributed by atoms with Gasteiger partial charge in [0.1, 0.15) is 6.26 Å². The van der Waals surface area contributed by atoms with Crippen LogP contribution in [0.25, 0.3) is 0 Å². The highest BCUT2D eigenvalue weighted by Gasteiger charge is 2.30. The van der Waals surface area contributed by atoms with Crippen molar-refractivity contribution >= 4 is 0 Å². The lowest BCUT2D eigenvalue weighted by molar-refractivity contribution is 0.290. The summed E-state index contributed by atoms with van der Waals surface area (Å²) in [6.45, 7) is 8.80. The van der Waals surface area contributed by atoms with Gasteiger partial charge in [0.15, 0.2) is 5.89 Å². The molecule has 0 aliphatic carbocycles. The van der Waals surface area contributed by atoms with Gasteiger partial charge in [-0.25, -0.2) is 4.98 Å². The lowest BCUT2D eigenvalue weighted by atomic mass is 9.80.